The molecule has 0 radical (unpaired) electrons. The number of rotatable bonds is 5. The second-order valence-corrected chi connectivity index (χ2v) is 6.37. The third kappa shape index (κ3) is 3.69. The molecule has 2 aromatic carbocycles. The summed E-state index contributed by atoms with van der Waals surface area (Å²) in [5, 5.41) is 12.9. The zero-order valence-corrected chi connectivity index (χ0v) is 14.0. The van der Waals surface area contributed by atoms with Crippen molar-refractivity contribution >= 4 is 40.4 Å². The average Bonchev–Trinajstić information content (AvgIpc) is 3.07. The molecule has 1 unspecified atom stereocenters. The van der Waals surface area contributed by atoms with Gasteiger partial charge in [-0.3, -0.25) is 4.79 Å². The van der Waals surface area contributed by atoms with Crippen molar-refractivity contribution in [3.63, 3.8) is 0 Å². The molecule has 0 saturated heterocycles. The van der Waals surface area contributed by atoms with Gasteiger partial charge in [0, 0.05) is 17.0 Å². The SMILES string of the molecule is CSc1ccc(C(O)CNC(=O)c2ccc3nsnc3c2)cc1. The monoisotopic (exact) mass is 345 g/mol. The van der Waals surface area contributed by atoms with Crippen molar-refractivity contribution in [2.24, 2.45) is 0 Å². The largest absolute Gasteiger partial charge is 0.387 e. The number of hydrogen-bond acceptors (Lipinski definition) is 6. The smallest absolute Gasteiger partial charge is 0.251 e. The van der Waals surface area contributed by atoms with Crippen LogP contribution in [0.2, 0.25) is 0 Å². The number of carbonyl (C=O) groups excluding carboxylic acids is 1. The topological polar surface area (TPSA) is 75.1 Å². The molecule has 2 N–H and O–H groups in total. The second kappa shape index (κ2) is 7.08. The van der Waals surface area contributed by atoms with Gasteiger partial charge in [-0.2, -0.15) is 8.75 Å². The number of aliphatic hydroxyl groups is 1. The molecule has 0 aliphatic heterocycles. The van der Waals surface area contributed by atoms with Crippen LogP contribution in [0.15, 0.2) is 47.4 Å². The Labute approximate surface area is 142 Å². The molecule has 7 heteroatoms. The summed E-state index contributed by atoms with van der Waals surface area (Å²) in [4.78, 5) is 13.3. The molecule has 1 aromatic heterocycles. The number of amides is 1. The lowest BCUT2D eigenvalue weighted by Gasteiger charge is -2.12. The van der Waals surface area contributed by atoms with Crippen LogP contribution in [0, 0.1) is 0 Å². The van der Waals surface area contributed by atoms with E-state index in [4.69, 9.17) is 0 Å². The van der Waals surface area contributed by atoms with Crippen molar-refractivity contribution in [2.45, 2.75) is 11.0 Å². The summed E-state index contributed by atoms with van der Waals surface area (Å²) < 4.78 is 8.22. The first-order valence-electron chi connectivity index (χ1n) is 7.00. The molecule has 0 spiro atoms. The van der Waals surface area contributed by atoms with E-state index in [2.05, 4.69) is 14.1 Å². The fourth-order valence-electron chi connectivity index (χ4n) is 2.16. The molecule has 1 atom stereocenters. The van der Waals surface area contributed by atoms with Crippen molar-refractivity contribution < 1.29 is 9.90 Å². The van der Waals surface area contributed by atoms with Crippen LogP contribution in [0.25, 0.3) is 11.0 Å². The molecule has 23 heavy (non-hydrogen) atoms. The molecule has 1 amide bonds. The first kappa shape index (κ1) is 15.9. The highest BCUT2D eigenvalue weighted by atomic mass is 32.2. The average molecular weight is 345 g/mol. The van der Waals surface area contributed by atoms with Crippen molar-refractivity contribution in [3.05, 3.63) is 53.6 Å². The molecule has 3 aromatic rings. The van der Waals surface area contributed by atoms with Gasteiger partial charge in [0.05, 0.1) is 17.8 Å². The van der Waals surface area contributed by atoms with Gasteiger partial charge in [0.1, 0.15) is 11.0 Å². The van der Waals surface area contributed by atoms with Crippen LogP contribution >= 0.6 is 23.5 Å². The van der Waals surface area contributed by atoms with E-state index >= 15 is 0 Å². The Bertz CT molecular complexity index is 818. The Kier molecular flexibility index (Phi) is 4.90. The molecule has 5 nitrogen and oxygen atoms in total. The summed E-state index contributed by atoms with van der Waals surface area (Å²) in [6.07, 6.45) is 1.26. The lowest BCUT2D eigenvalue weighted by molar-refractivity contribution is 0.0916. The number of benzene rings is 2. The molecule has 0 bridgehead atoms. The van der Waals surface area contributed by atoms with Crippen LogP contribution in [-0.4, -0.2) is 32.6 Å². The Balaban J connectivity index is 1.63. The minimum absolute atomic E-state index is 0.158. The number of aromatic nitrogens is 2. The highest BCUT2D eigenvalue weighted by molar-refractivity contribution is 7.98. The van der Waals surface area contributed by atoms with Crippen molar-refractivity contribution in [1.82, 2.24) is 14.1 Å². The van der Waals surface area contributed by atoms with Crippen LogP contribution in [0.1, 0.15) is 22.0 Å². The Morgan fingerprint density at radius 1 is 1.22 bits per heavy atom. The third-order valence-corrected chi connectivity index (χ3v) is 4.77. The summed E-state index contributed by atoms with van der Waals surface area (Å²) in [6, 6.07) is 12.8. The number of nitrogens with one attached hydrogen (secondary N) is 1. The van der Waals surface area contributed by atoms with Gasteiger partial charge < -0.3 is 10.4 Å². The molecule has 118 valence electrons. The zero-order valence-electron chi connectivity index (χ0n) is 12.4. The van der Waals surface area contributed by atoms with Gasteiger partial charge in [-0.15, -0.1) is 11.8 Å². The second-order valence-electron chi connectivity index (χ2n) is 4.97. The number of nitrogens with zero attached hydrogens (tertiary/aromatic N) is 2. The molecule has 0 aliphatic rings. The fraction of sp³-hybridized carbons (Fsp3) is 0.188. The normalized spacial score (nSPS) is 12.3. The first-order chi connectivity index (χ1) is 11.2. The quantitative estimate of drug-likeness (QED) is 0.696. The van der Waals surface area contributed by atoms with E-state index in [1.165, 1.54) is 0 Å². The van der Waals surface area contributed by atoms with Crippen LogP contribution in [-0.2, 0) is 0 Å². The summed E-state index contributed by atoms with van der Waals surface area (Å²) >= 11 is 2.76. The third-order valence-electron chi connectivity index (χ3n) is 3.47. The van der Waals surface area contributed by atoms with Crippen molar-refractivity contribution in [1.29, 1.82) is 0 Å². The lowest BCUT2D eigenvalue weighted by atomic mass is 10.1. The van der Waals surface area contributed by atoms with Crippen LogP contribution in [0.3, 0.4) is 0 Å². The van der Waals surface area contributed by atoms with E-state index in [0.717, 1.165) is 27.7 Å². The fourth-order valence-corrected chi connectivity index (χ4v) is 3.08. The lowest BCUT2D eigenvalue weighted by Crippen LogP contribution is -2.28. The Morgan fingerprint density at radius 2 is 1.96 bits per heavy atom. The molecule has 0 fully saturated rings. The molecule has 0 saturated carbocycles. The van der Waals surface area contributed by atoms with Crippen molar-refractivity contribution in [2.75, 3.05) is 12.8 Å². The van der Waals surface area contributed by atoms with Crippen LogP contribution < -0.4 is 5.32 Å². The minimum atomic E-state index is -0.737. The van der Waals surface area contributed by atoms with Gasteiger partial charge in [-0.1, -0.05) is 12.1 Å². The molecule has 0 aliphatic carbocycles. The zero-order chi connectivity index (χ0) is 16.2. The van der Waals surface area contributed by atoms with Crippen LogP contribution in [0.4, 0.5) is 0 Å². The molecule has 3 rings (SSSR count). The molecular weight excluding hydrogens is 330 g/mol. The van der Waals surface area contributed by atoms with E-state index in [9.17, 15) is 9.90 Å². The van der Waals surface area contributed by atoms with Crippen LogP contribution in [0.5, 0.6) is 0 Å². The van der Waals surface area contributed by atoms with Gasteiger partial charge in [-0.05, 0) is 42.2 Å². The number of fused-ring (bicyclic) bond motifs is 1. The number of hydrogen-bond donors (Lipinski definition) is 2. The molecule has 1 heterocycles. The van der Waals surface area contributed by atoms with Gasteiger partial charge >= 0.3 is 0 Å². The predicted molar refractivity (Wildman–Crippen MR) is 92.9 cm³/mol. The summed E-state index contributed by atoms with van der Waals surface area (Å²) in [6.45, 7) is 0.158. The maximum atomic E-state index is 12.2. The highest BCUT2D eigenvalue weighted by Gasteiger charge is 2.12. The maximum Gasteiger partial charge on any atom is 0.251 e. The standard InChI is InChI=1S/C16H15N3O2S2/c1-22-12-5-2-10(3-6-12)15(20)9-17-16(21)11-4-7-13-14(8-11)19-23-18-13/h2-8,15,20H,9H2,1H3,(H,17,21). The molecular formula is C16H15N3O2S2. The minimum Gasteiger partial charge on any atom is -0.387 e. The van der Waals surface area contributed by atoms with E-state index in [0.29, 0.717) is 11.1 Å². The summed E-state index contributed by atoms with van der Waals surface area (Å²) in [5.41, 5.74) is 2.77. The highest BCUT2D eigenvalue weighted by Crippen LogP contribution is 2.19. The van der Waals surface area contributed by atoms with Crippen molar-refractivity contribution in [3.8, 4) is 0 Å². The number of aliphatic hydroxyl groups excluding tert-OH is 1. The number of thioether (sulfide) groups is 1. The first-order valence-corrected chi connectivity index (χ1v) is 8.95. The van der Waals surface area contributed by atoms with E-state index in [1.54, 1.807) is 30.0 Å². The summed E-state index contributed by atoms with van der Waals surface area (Å²) in [5.74, 6) is -0.236. The van der Waals surface area contributed by atoms with Gasteiger partial charge in [0.2, 0.25) is 0 Å². The van der Waals surface area contributed by atoms with Gasteiger partial charge in [-0.25, -0.2) is 0 Å². The number of carbonyl (C=O) groups is 1. The van der Waals surface area contributed by atoms with Gasteiger partial charge in [0.25, 0.3) is 5.91 Å². The van der Waals surface area contributed by atoms with E-state index < -0.39 is 6.10 Å². The summed E-state index contributed by atoms with van der Waals surface area (Å²) in [7, 11) is 0. The Morgan fingerprint density at radius 3 is 2.70 bits per heavy atom. The predicted octanol–water partition coefficient (Wildman–Crippen LogP) is 2.88. The van der Waals surface area contributed by atoms with Gasteiger partial charge in [0.15, 0.2) is 0 Å². The maximum absolute atomic E-state index is 12.2. The Hall–Kier alpha value is -1.96. The van der Waals surface area contributed by atoms with E-state index in [-0.39, 0.29) is 12.5 Å². The van der Waals surface area contributed by atoms with E-state index in [1.807, 2.05) is 30.5 Å².